The Morgan fingerprint density at radius 1 is 0.545 bits per heavy atom. The molecule has 0 aromatic carbocycles. The Labute approximate surface area is 158 Å². The van der Waals surface area contributed by atoms with Crippen LogP contribution in [0.15, 0.2) is 12.2 Å². The number of hydrogen-bond acceptors (Lipinski definition) is 1. The third kappa shape index (κ3) is 28.7. The second-order valence-electron chi connectivity index (χ2n) is 5.73. The lowest BCUT2D eigenvalue weighted by atomic mass is 10.1. The van der Waals surface area contributed by atoms with Gasteiger partial charge in [0.15, 0.2) is 0 Å². The number of unbranched alkanes of at least 4 members (excludes halogenated alkanes) is 12. The molecule has 0 atom stereocenters. The summed E-state index contributed by atoms with van der Waals surface area (Å²) in [7, 11) is 0. The van der Waals surface area contributed by atoms with Crippen molar-refractivity contribution >= 4 is 37.2 Å². The minimum atomic E-state index is 0. The van der Waals surface area contributed by atoms with Crippen molar-refractivity contribution in [2.24, 2.45) is 5.73 Å². The summed E-state index contributed by atoms with van der Waals surface area (Å²) in [5.74, 6) is 0. The van der Waals surface area contributed by atoms with E-state index >= 15 is 0 Å². The first kappa shape index (κ1) is 30.5. The molecule has 0 saturated heterocycles. The average molecular weight is 377 g/mol. The van der Waals surface area contributed by atoms with Crippen molar-refractivity contribution in [3.8, 4) is 0 Å². The van der Waals surface area contributed by atoms with Crippen LogP contribution < -0.4 is 5.73 Å². The van der Waals surface area contributed by atoms with Gasteiger partial charge in [-0.05, 0) is 38.6 Å². The fourth-order valence-corrected chi connectivity index (χ4v) is 2.39. The van der Waals surface area contributed by atoms with E-state index in [0.29, 0.717) is 0 Å². The topological polar surface area (TPSA) is 26.0 Å². The third-order valence-electron chi connectivity index (χ3n) is 3.72. The van der Waals surface area contributed by atoms with Gasteiger partial charge in [-0.1, -0.05) is 76.9 Å². The highest BCUT2D eigenvalue weighted by Crippen LogP contribution is 2.09. The number of rotatable bonds is 15. The second-order valence-corrected chi connectivity index (χ2v) is 5.73. The van der Waals surface area contributed by atoms with Gasteiger partial charge < -0.3 is 5.73 Å². The van der Waals surface area contributed by atoms with Gasteiger partial charge in [-0.3, -0.25) is 0 Å². The molecule has 0 aliphatic heterocycles. The molecule has 0 radical (unpaired) electrons. The fraction of sp³-hybridized carbons (Fsp3) is 0.889. The lowest BCUT2D eigenvalue weighted by Gasteiger charge is -1.99. The van der Waals surface area contributed by atoms with Crippen LogP contribution in [0.1, 0.15) is 96.8 Å². The summed E-state index contributed by atoms with van der Waals surface area (Å²) in [6, 6.07) is 0. The van der Waals surface area contributed by atoms with Crippen LogP contribution >= 0.6 is 37.2 Å². The van der Waals surface area contributed by atoms with Crippen LogP contribution in [0.4, 0.5) is 0 Å². The van der Waals surface area contributed by atoms with Crippen LogP contribution in [0, 0.1) is 0 Å². The molecule has 0 unspecified atom stereocenters. The van der Waals surface area contributed by atoms with Crippen LogP contribution in [0.3, 0.4) is 0 Å². The standard InChI is InChI=1S/C18H37N.3ClH/c1-2-3-4-5-6-7-8-9-10-11-12-13-14-15-16-17-18-19;;;/h9-10H,2-8,11-19H2,1H3;3*1H/b10-9-;;;. The van der Waals surface area contributed by atoms with Gasteiger partial charge in [-0.25, -0.2) is 0 Å². The van der Waals surface area contributed by atoms with Crippen LogP contribution in [-0.4, -0.2) is 6.54 Å². The molecule has 22 heavy (non-hydrogen) atoms. The molecule has 2 N–H and O–H groups in total. The first-order valence-electron chi connectivity index (χ1n) is 8.77. The molecule has 4 heteroatoms. The van der Waals surface area contributed by atoms with E-state index in [1.165, 1.54) is 89.9 Å². The molecule has 0 fully saturated rings. The number of allylic oxidation sites excluding steroid dienone is 2. The van der Waals surface area contributed by atoms with Gasteiger partial charge in [0.2, 0.25) is 0 Å². The normalized spacial score (nSPS) is 9.91. The van der Waals surface area contributed by atoms with Gasteiger partial charge in [0.25, 0.3) is 0 Å². The van der Waals surface area contributed by atoms with E-state index in [-0.39, 0.29) is 37.2 Å². The van der Waals surface area contributed by atoms with Gasteiger partial charge in [0, 0.05) is 0 Å². The molecule has 0 aliphatic carbocycles. The summed E-state index contributed by atoms with van der Waals surface area (Å²) in [4.78, 5) is 0. The number of halogens is 3. The molecule has 0 rings (SSSR count). The van der Waals surface area contributed by atoms with Crippen LogP contribution in [0.2, 0.25) is 0 Å². The zero-order valence-electron chi connectivity index (χ0n) is 14.6. The summed E-state index contributed by atoms with van der Waals surface area (Å²) in [5.41, 5.74) is 5.47. The van der Waals surface area contributed by atoms with Gasteiger partial charge in [0.05, 0.1) is 0 Å². The van der Waals surface area contributed by atoms with Crippen LogP contribution in [0.5, 0.6) is 0 Å². The van der Waals surface area contributed by atoms with Crippen molar-refractivity contribution < 1.29 is 0 Å². The third-order valence-corrected chi connectivity index (χ3v) is 3.72. The molecule has 0 aromatic rings. The Hall–Kier alpha value is 0.570. The molecule has 0 amide bonds. The predicted octanol–water partition coefficient (Wildman–Crippen LogP) is 7.25. The molecule has 138 valence electrons. The highest BCUT2D eigenvalue weighted by atomic mass is 35.5. The number of hydrogen-bond donors (Lipinski definition) is 1. The highest BCUT2D eigenvalue weighted by Gasteiger charge is 1.90. The van der Waals surface area contributed by atoms with E-state index in [4.69, 9.17) is 5.73 Å². The van der Waals surface area contributed by atoms with Gasteiger partial charge >= 0.3 is 0 Å². The summed E-state index contributed by atoms with van der Waals surface area (Å²) in [5, 5.41) is 0. The van der Waals surface area contributed by atoms with Crippen molar-refractivity contribution in [2.75, 3.05) is 6.54 Å². The summed E-state index contributed by atoms with van der Waals surface area (Å²) in [6.07, 6.45) is 23.9. The Kier molecular flexibility index (Phi) is 40.9. The Morgan fingerprint density at radius 2 is 0.909 bits per heavy atom. The molecule has 0 aromatic heterocycles. The first-order chi connectivity index (χ1) is 9.41. The molecular formula is C18H40Cl3N. The zero-order chi connectivity index (χ0) is 14.0. The van der Waals surface area contributed by atoms with E-state index in [1.54, 1.807) is 0 Å². The molecule has 0 aliphatic rings. The van der Waals surface area contributed by atoms with Crippen molar-refractivity contribution in [2.45, 2.75) is 96.8 Å². The lowest BCUT2D eigenvalue weighted by molar-refractivity contribution is 0.599. The maximum absolute atomic E-state index is 5.47. The first-order valence-corrected chi connectivity index (χ1v) is 8.77. The predicted molar refractivity (Wildman–Crippen MR) is 110 cm³/mol. The largest absolute Gasteiger partial charge is 0.330 e. The molecule has 0 heterocycles. The number of nitrogens with two attached hydrogens (primary N) is 1. The van der Waals surface area contributed by atoms with Gasteiger partial charge in [0.1, 0.15) is 0 Å². The Bertz CT molecular complexity index is 187. The van der Waals surface area contributed by atoms with Gasteiger partial charge in [-0.2, -0.15) is 0 Å². The minimum absolute atomic E-state index is 0. The molecule has 0 spiro atoms. The highest BCUT2D eigenvalue weighted by molar-refractivity contribution is 5.86. The molecular weight excluding hydrogens is 337 g/mol. The van der Waals surface area contributed by atoms with Crippen molar-refractivity contribution in [1.82, 2.24) is 0 Å². The summed E-state index contributed by atoms with van der Waals surface area (Å²) in [6.45, 7) is 3.14. The Morgan fingerprint density at radius 3 is 1.32 bits per heavy atom. The zero-order valence-corrected chi connectivity index (χ0v) is 17.0. The van der Waals surface area contributed by atoms with Gasteiger partial charge in [-0.15, -0.1) is 37.2 Å². The van der Waals surface area contributed by atoms with E-state index in [1.807, 2.05) is 0 Å². The maximum atomic E-state index is 5.47. The smallest absolute Gasteiger partial charge is 0.00773 e. The molecule has 0 bridgehead atoms. The quantitative estimate of drug-likeness (QED) is 0.236. The second kappa shape index (κ2) is 29.6. The molecule has 0 saturated carbocycles. The van der Waals surface area contributed by atoms with Crippen LogP contribution in [-0.2, 0) is 0 Å². The monoisotopic (exact) mass is 375 g/mol. The lowest BCUT2D eigenvalue weighted by Crippen LogP contribution is -1.97. The van der Waals surface area contributed by atoms with E-state index < -0.39 is 0 Å². The minimum Gasteiger partial charge on any atom is -0.330 e. The SMILES string of the molecule is CCCCCCCC/C=C\CCCCCCCCN.Cl.Cl.Cl. The van der Waals surface area contributed by atoms with E-state index in [2.05, 4.69) is 19.1 Å². The summed E-state index contributed by atoms with van der Waals surface area (Å²) >= 11 is 0. The van der Waals surface area contributed by atoms with Crippen LogP contribution in [0.25, 0.3) is 0 Å². The van der Waals surface area contributed by atoms with Crippen molar-refractivity contribution in [3.05, 3.63) is 12.2 Å². The van der Waals surface area contributed by atoms with E-state index in [9.17, 15) is 0 Å². The fourth-order valence-electron chi connectivity index (χ4n) is 2.39. The van der Waals surface area contributed by atoms with E-state index in [0.717, 1.165) is 6.54 Å². The van der Waals surface area contributed by atoms with Crippen molar-refractivity contribution in [3.63, 3.8) is 0 Å². The summed E-state index contributed by atoms with van der Waals surface area (Å²) < 4.78 is 0. The molecule has 1 nitrogen and oxygen atoms in total. The maximum Gasteiger partial charge on any atom is -0.00773 e. The van der Waals surface area contributed by atoms with Crippen molar-refractivity contribution in [1.29, 1.82) is 0 Å². The Balaban J connectivity index is -0.000000540. The average Bonchev–Trinajstić information content (AvgIpc) is 2.43.